The lowest BCUT2D eigenvalue weighted by Crippen LogP contribution is -2.23. The van der Waals surface area contributed by atoms with Crippen LogP contribution in [0, 0.1) is 16.0 Å². The molecular formula is C19H21N3O6S. The maximum atomic E-state index is 12.4. The Balaban J connectivity index is 1.74. The molecule has 10 heteroatoms. The highest BCUT2D eigenvalue weighted by molar-refractivity contribution is 7.17. The third-order valence-corrected chi connectivity index (χ3v) is 5.90. The van der Waals surface area contributed by atoms with E-state index in [0.717, 1.165) is 29.7 Å². The van der Waals surface area contributed by atoms with Crippen LogP contribution in [0.4, 0.5) is 10.7 Å². The summed E-state index contributed by atoms with van der Waals surface area (Å²) in [7, 11) is 1.39. The molecule has 2 aromatic rings. The van der Waals surface area contributed by atoms with Crippen LogP contribution in [0.1, 0.15) is 34.1 Å². The number of anilines is 1. The third-order valence-electron chi connectivity index (χ3n) is 4.73. The van der Waals surface area contributed by atoms with Crippen molar-refractivity contribution in [1.29, 1.82) is 0 Å². The van der Waals surface area contributed by atoms with Crippen molar-refractivity contribution in [2.75, 3.05) is 19.0 Å². The van der Waals surface area contributed by atoms with Gasteiger partial charge in [-0.2, -0.15) is 0 Å². The zero-order chi connectivity index (χ0) is 21.1. The highest BCUT2D eigenvalue weighted by Crippen LogP contribution is 2.39. The van der Waals surface area contributed by atoms with E-state index >= 15 is 0 Å². The van der Waals surface area contributed by atoms with Gasteiger partial charge in [-0.1, -0.05) is 6.92 Å². The van der Waals surface area contributed by atoms with Gasteiger partial charge in [-0.05, 0) is 42.9 Å². The van der Waals surface area contributed by atoms with E-state index in [1.54, 1.807) is 0 Å². The predicted molar refractivity (Wildman–Crippen MR) is 108 cm³/mol. The summed E-state index contributed by atoms with van der Waals surface area (Å²) in [5, 5.41) is 14.3. The molecule has 0 unspecified atom stereocenters. The molecule has 0 aliphatic heterocycles. The van der Waals surface area contributed by atoms with Gasteiger partial charge < -0.3 is 20.5 Å². The van der Waals surface area contributed by atoms with Gasteiger partial charge >= 0.3 is 5.69 Å². The minimum atomic E-state index is -0.616. The third kappa shape index (κ3) is 4.48. The average molecular weight is 419 g/mol. The van der Waals surface area contributed by atoms with Gasteiger partial charge in [0.2, 0.25) is 0 Å². The maximum absolute atomic E-state index is 12.4. The van der Waals surface area contributed by atoms with Crippen molar-refractivity contribution in [3.05, 3.63) is 44.3 Å². The molecule has 1 aliphatic rings. The number of amides is 2. The second kappa shape index (κ2) is 8.48. The van der Waals surface area contributed by atoms with Crippen LogP contribution in [0.5, 0.6) is 11.5 Å². The maximum Gasteiger partial charge on any atom is 0.314 e. The fourth-order valence-electron chi connectivity index (χ4n) is 3.29. The molecule has 0 radical (unpaired) electrons. The van der Waals surface area contributed by atoms with E-state index in [4.69, 9.17) is 15.2 Å². The topological polar surface area (TPSA) is 134 Å². The number of rotatable bonds is 7. The van der Waals surface area contributed by atoms with Crippen LogP contribution in [-0.2, 0) is 17.6 Å². The molecule has 0 fully saturated rings. The number of methoxy groups -OCH3 is 1. The molecule has 0 saturated carbocycles. The Morgan fingerprint density at radius 1 is 1.41 bits per heavy atom. The number of fused-ring (bicyclic) bond motifs is 1. The van der Waals surface area contributed by atoms with Gasteiger partial charge in [0.25, 0.3) is 11.8 Å². The molecule has 29 heavy (non-hydrogen) atoms. The summed E-state index contributed by atoms with van der Waals surface area (Å²) in [6.07, 6.45) is 2.54. The van der Waals surface area contributed by atoms with Crippen molar-refractivity contribution in [3.63, 3.8) is 0 Å². The summed E-state index contributed by atoms with van der Waals surface area (Å²) in [5.74, 6) is -0.369. The van der Waals surface area contributed by atoms with Crippen molar-refractivity contribution in [2.45, 2.75) is 26.2 Å². The first-order valence-electron chi connectivity index (χ1n) is 8.99. The Bertz CT molecular complexity index is 971. The van der Waals surface area contributed by atoms with Crippen LogP contribution in [0.2, 0.25) is 0 Å². The molecule has 1 aromatic carbocycles. The number of carbonyl (C=O) groups excluding carboxylic acids is 2. The van der Waals surface area contributed by atoms with Gasteiger partial charge in [0.05, 0.1) is 23.7 Å². The van der Waals surface area contributed by atoms with E-state index in [0.29, 0.717) is 22.2 Å². The number of nitrogens with two attached hydrogens (primary N) is 1. The van der Waals surface area contributed by atoms with Crippen molar-refractivity contribution >= 4 is 33.8 Å². The van der Waals surface area contributed by atoms with Gasteiger partial charge in [-0.25, -0.2) is 0 Å². The number of thiophene rings is 1. The Kier molecular flexibility index (Phi) is 6.02. The smallest absolute Gasteiger partial charge is 0.314 e. The number of hydrogen-bond acceptors (Lipinski definition) is 7. The summed E-state index contributed by atoms with van der Waals surface area (Å²) < 4.78 is 10.3. The number of carbonyl (C=O) groups is 2. The number of nitrogens with one attached hydrogen (secondary N) is 1. The Morgan fingerprint density at radius 2 is 2.17 bits per heavy atom. The van der Waals surface area contributed by atoms with Crippen LogP contribution in [0.3, 0.4) is 0 Å². The second-order valence-corrected chi connectivity index (χ2v) is 7.95. The highest BCUT2D eigenvalue weighted by atomic mass is 32.1. The van der Waals surface area contributed by atoms with Gasteiger partial charge in [0.1, 0.15) is 10.8 Å². The first-order chi connectivity index (χ1) is 13.8. The van der Waals surface area contributed by atoms with E-state index < -0.39 is 23.3 Å². The number of primary amides is 1. The number of hydrogen-bond donors (Lipinski definition) is 2. The van der Waals surface area contributed by atoms with Crippen LogP contribution in [0.25, 0.3) is 0 Å². The molecule has 3 rings (SSSR count). The van der Waals surface area contributed by atoms with E-state index in [2.05, 4.69) is 12.2 Å². The molecule has 3 N–H and O–H groups in total. The Hall–Kier alpha value is -3.14. The molecule has 2 amide bonds. The Labute approximate surface area is 171 Å². The van der Waals surface area contributed by atoms with Crippen LogP contribution >= 0.6 is 11.3 Å². The molecule has 154 valence electrons. The van der Waals surface area contributed by atoms with Gasteiger partial charge in [-0.15, -0.1) is 11.3 Å². The lowest BCUT2D eigenvalue weighted by atomic mass is 9.88. The molecule has 1 atom stereocenters. The molecule has 1 aliphatic carbocycles. The number of benzene rings is 1. The normalized spacial score (nSPS) is 15.3. The molecule has 0 bridgehead atoms. The SMILES string of the molecule is COc1ccc(OCC(=O)Nc2sc3c(c2C(N)=O)CC[C@H](C)C3)c([N+](=O)[O-])c1. The fourth-order valence-corrected chi connectivity index (χ4v) is 4.73. The minimum Gasteiger partial charge on any atom is -0.496 e. The van der Waals surface area contributed by atoms with Gasteiger partial charge in [0.15, 0.2) is 12.4 Å². The number of ether oxygens (including phenoxy) is 2. The molecule has 9 nitrogen and oxygen atoms in total. The summed E-state index contributed by atoms with van der Waals surface area (Å²) in [4.78, 5) is 35.9. The van der Waals surface area contributed by atoms with Crippen LogP contribution in [0.15, 0.2) is 18.2 Å². The summed E-state index contributed by atoms with van der Waals surface area (Å²) >= 11 is 1.34. The van der Waals surface area contributed by atoms with Gasteiger partial charge in [-0.3, -0.25) is 19.7 Å². The molecule has 1 heterocycles. The van der Waals surface area contributed by atoms with E-state index in [9.17, 15) is 19.7 Å². The summed E-state index contributed by atoms with van der Waals surface area (Å²) in [6, 6.07) is 4.08. The second-order valence-electron chi connectivity index (χ2n) is 6.85. The zero-order valence-electron chi connectivity index (χ0n) is 16.0. The molecular weight excluding hydrogens is 398 g/mol. The average Bonchev–Trinajstić information content (AvgIpc) is 3.02. The summed E-state index contributed by atoms with van der Waals surface area (Å²) in [6.45, 7) is 1.69. The summed E-state index contributed by atoms with van der Waals surface area (Å²) in [5.41, 5.74) is 6.48. The zero-order valence-corrected chi connectivity index (χ0v) is 16.8. The van der Waals surface area contributed by atoms with E-state index in [1.165, 1.54) is 36.6 Å². The Morgan fingerprint density at radius 3 is 2.83 bits per heavy atom. The standard InChI is InChI=1S/C19H21N3O6S/c1-10-3-5-12-15(7-10)29-19(17(12)18(20)24)21-16(23)9-28-14-6-4-11(27-2)8-13(14)22(25)26/h4,6,8,10H,3,5,7,9H2,1-2H3,(H2,20,24)(H,21,23)/t10-/m0/s1. The quantitative estimate of drug-likeness (QED) is 0.523. The number of nitro groups is 1. The van der Waals surface area contributed by atoms with Crippen molar-refractivity contribution < 1.29 is 24.0 Å². The lowest BCUT2D eigenvalue weighted by Gasteiger charge is -2.18. The van der Waals surface area contributed by atoms with Gasteiger partial charge in [0, 0.05) is 4.88 Å². The largest absolute Gasteiger partial charge is 0.496 e. The molecule has 0 saturated heterocycles. The first-order valence-corrected chi connectivity index (χ1v) is 9.81. The van der Waals surface area contributed by atoms with Crippen molar-refractivity contribution in [1.82, 2.24) is 0 Å². The van der Waals surface area contributed by atoms with E-state index in [1.807, 2.05) is 0 Å². The number of nitrogens with zero attached hydrogens (tertiary/aromatic N) is 1. The minimum absolute atomic E-state index is 0.0552. The van der Waals surface area contributed by atoms with Crippen molar-refractivity contribution in [2.24, 2.45) is 11.7 Å². The highest BCUT2D eigenvalue weighted by Gasteiger charge is 2.27. The van der Waals surface area contributed by atoms with Crippen LogP contribution < -0.4 is 20.5 Å². The lowest BCUT2D eigenvalue weighted by molar-refractivity contribution is -0.385. The molecule has 0 spiro atoms. The van der Waals surface area contributed by atoms with Crippen molar-refractivity contribution in [3.8, 4) is 11.5 Å². The number of nitro benzene ring substituents is 1. The van der Waals surface area contributed by atoms with E-state index in [-0.39, 0.29) is 11.4 Å². The van der Waals surface area contributed by atoms with Crippen LogP contribution in [-0.4, -0.2) is 30.5 Å². The predicted octanol–water partition coefficient (Wildman–Crippen LogP) is 2.91. The molecule has 1 aromatic heterocycles. The first kappa shape index (κ1) is 20.6. The fraction of sp³-hybridized carbons (Fsp3) is 0.368. The monoisotopic (exact) mass is 419 g/mol.